The molecule has 0 aliphatic heterocycles. The van der Waals surface area contributed by atoms with Gasteiger partial charge in [-0.3, -0.25) is 37.3 Å². The zero-order valence-electron chi connectivity index (χ0n) is 65.7. The van der Waals surface area contributed by atoms with Crippen molar-refractivity contribution < 1.29 is 80.2 Å². The van der Waals surface area contributed by atoms with E-state index in [0.717, 1.165) is 108 Å². The van der Waals surface area contributed by atoms with Crippen LogP contribution in [-0.4, -0.2) is 96.7 Å². The molecule has 0 saturated heterocycles. The molecule has 0 aromatic carbocycles. The molecule has 594 valence electrons. The van der Waals surface area contributed by atoms with Crippen molar-refractivity contribution in [2.45, 2.75) is 439 Å². The zero-order valence-corrected chi connectivity index (χ0v) is 67.5. The standard InChI is InChI=1S/C81H158O17P2/c1-8-10-11-12-13-14-15-16-17-18-19-20-21-22-23-24-29-34-43-50-57-64-80(85)97-76(68-91-78(83)62-55-48-41-33-28-26-25-27-31-38-45-52-59-72(3)4)70-95-99(87,88)93-66-75(82)67-94-100(89,90)96-71-77(98-81(86)65-58-51-44-35-30-32-39-46-53-60-73(5)6)69-92-79(84)63-56-49-42-37-36-40-47-54-61-74(7)9-2/h72-77,82H,8-71H2,1-7H3,(H,87,88)(H,89,90)/t74?,75-,76-,77-/m1/s1. The normalized spacial score (nSPS) is 14.2. The number of carbonyl (C=O) groups excluding carboxylic acids is 4. The number of carbonyl (C=O) groups is 4. The van der Waals surface area contributed by atoms with Crippen LogP contribution in [0.15, 0.2) is 0 Å². The molecule has 0 spiro atoms. The third-order valence-electron chi connectivity index (χ3n) is 19.2. The van der Waals surface area contributed by atoms with E-state index in [-0.39, 0.29) is 25.7 Å². The van der Waals surface area contributed by atoms with Gasteiger partial charge in [-0.05, 0) is 43.4 Å². The molecule has 3 unspecified atom stereocenters. The van der Waals surface area contributed by atoms with Gasteiger partial charge in [0.05, 0.1) is 26.4 Å². The van der Waals surface area contributed by atoms with Gasteiger partial charge in [0.2, 0.25) is 0 Å². The van der Waals surface area contributed by atoms with E-state index in [9.17, 15) is 43.2 Å². The van der Waals surface area contributed by atoms with Crippen LogP contribution < -0.4 is 0 Å². The fourth-order valence-electron chi connectivity index (χ4n) is 12.5. The Labute approximate surface area is 613 Å². The van der Waals surface area contributed by atoms with Gasteiger partial charge >= 0.3 is 39.5 Å². The molecule has 0 fully saturated rings. The number of rotatable bonds is 79. The Morgan fingerprint density at radius 1 is 0.290 bits per heavy atom. The smallest absolute Gasteiger partial charge is 0.462 e. The van der Waals surface area contributed by atoms with Crippen LogP contribution in [0.3, 0.4) is 0 Å². The molecule has 0 radical (unpaired) electrons. The Bertz CT molecular complexity index is 1940. The number of hydrogen-bond acceptors (Lipinski definition) is 15. The molecule has 17 nitrogen and oxygen atoms in total. The first-order valence-corrected chi connectivity index (χ1v) is 44.9. The first-order valence-electron chi connectivity index (χ1n) is 41.9. The number of aliphatic hydroxyl groups is 1. The van der Waals surface area contributed by atoms with Gasteiger partial charge in [0, 0.05) is 25.7 Å². The molecule has 0 aliphatic rings. The second kappa shape index (κ2) is 71.3. The van der Waals surface area contributed by atoms with Crippen molar-refractivity contribution in [1.29, 1.82) is 0 Å². The molecule has 0 amide bonds. The molecule has 0 aliphatic carbocycles. The van der Waals surface area contributed by atoms with Gasteiger partial charge in [-0.1, -0.05) is 370 Å². The molecule has 19 heteroatoms. The second-order valence-electron chi connectivity index (χ2n) is 30.4. The van der Waals surface area contributed by atoms with Crippen LogP contribution in [-0.2, 0) is 65.4 Å². The predicted molar refractivity (Wildman–Crippen MR) is 409 cm³/mol. The lowest BCUT2D eigenvalue weighted by molar-refractivity contribution is -0.161. The lowest BCUT2D eigenvalue weighted by atomic mass is 9.99. The molecule has 6 atom stereocenters. The summed E-state index contributed by atoms with van der Waals surface area (Å²) in [6.45, 7) is 11.9. The summed E-state index contributed by atoms with van der Waals surface area (Å²) in [4.78, 5) is 73.0. The fourth-order valence-corrected chi connectivity index (χ4v) is 14.0. The number of phosphoric ester groups is 2. The largest absolute Gasteiger partial charge is 0.472 e. The molecule has 0 rings (SSSR count). The van der Waals surface area contributed by atoms with Gasteiger partial charge in [-0.25, -0.2) is 9.13 Å². The SMILES string of the molecule is CCCCCCCCCCCCCCCCCCCCCCCC(=O)O[C@H](COC(=O)CCCCCCCCCCCCCCC(C)C)COP(=O)(O)OC[C@@H](O)COP(=O)(O)OC[C@@H](COC(=O)CCCCCCCCCCC(C)CC)OC(=O)CCCCCCCCCCCC(C)C. The molecule has 3 N–H and O–H groups in total. The van der Waals surface area contributed by atoms with E-state index in [1.54, 1.807) is 0 Å². The summed E-state index contributed by atoms with van der Waals surface area (Å²) in [5.41, 5.74) is 0. The van der Waals surface area contributed by atoms with Gasteiger partial charge in [0.1, 0.15) is 19.3 Å². The molecule has 0 aromatic rings. The summed E-state index contributed by atoms with van der Waals surface area (Å²) in [6, 6.07) is 0. The third kappa shape index (κ3) is 73.0. The second-order valence-corrected chi connectivity index (χ2v) is 33.3. The maximum absolute atomic E-state index is 13.1. The minimum absolute atomic E-state index is 0.105. The number of ether oxygens (including phenoxy) is 4. The first kappa shape index (κ1) is 98.1. The molecular weight excluding hydrogens is 1310 g/mol. The summed E-state index contributed by atoms with van der Waals surface area (Å²) >= 11 is 0. The summed E-state index contributed by atoms with van der Waals surface area (Å²) in [5, 5.41) is 10.6. The van der Waals surface area contributed by atoms with Crippen molar-refractivity contribution in [1.82, 2.24) is 0 Å². The summed E-state index contributed by atoms with van der Waals surface area (Å²) < 4.78 is 68.7. The average molecular weight is 1470 g/mol. The maximum Gasteiger partial charge on any atom is 0.472 e. The van der Waals surface area contributed by atoms with Crippen molar-refractivity contribution in [3.8, 4) is 0 Å². The Balaban J connectivity index is 5.23. The van der Waals surface area contributed by atoms with Crippen LogP contribution >= 0.6 is 15.6 Å². The third-order valence-corrected chi connectivity index (χ3v) is 21.1. The molecule has 0 aromatic heterocycles. The number of unbranched alkanes of at least 4 members (excludes halogenated alkanes) is 46. The number of hydrogen-bond donors (Lipinski definition) is 3. The van der Waals surface area contributed by atoms with Crippen molar-refractivity contribution >= 4 is 39.5 Å². The van der Waals surface area contributed by atoms with E-state index in [4.69, 9.17) is 37.0 Å². The average Bonchev–Trinajstić information content (AvgIpc) is 0.914. The van der Waals surface area contributed by atoms with Crippen LogP contribution in [0.25, 0.3) is 0 Å². The van der Waals surface area contributed by atoms with E-state index < -0.39 is 97.5 Å². The highest BCUT2D eigenvalue weighted by Gasteiger charge is 2.30. The van der Waals surface area contributed by atoms with Crippen LogP contribution in [0.2, 0.25) is 0 Å². The number of esters is 4. The monoisotopic (exact) mass is 1470 g/mol. The Kier molecular flexibility index (Phi) is 69.9. The van der Waals surface area contributed by atoms with E-state index in [0.29, 0.717) is 25.7 Å². The Morgan fingerprint density at radius 3 is 0.760 bits per heavy atom. The van der Waals surface area contributed by atoms with Gasteiger partial charge < -0.3 is 33.8 Å². The predicted octanol–water partition coefficient (Wildman–Crippen LogP) is 24.1. The van der Waals surface area contributed by atoms with Gasteiger partial charge in [-0.15, -0.1) is 0 Å². The number of phosphoric acid groups is 2. The van der Waals surface area contributed by atoms with Crippen LogP contribution in [0.4, 0.5) is 0 Å². The maximum atomic E-state index is 13.1. The molecule has 0 heterocycles. The first-order chi connectivity index (χ1) is 48.3. The fraction of sp³-hybridized carbons (Fsp3) is 0.951. The van der Waals surface area contributed by atoms with E-state index >= 15 is 0 Å². The van der Waals surface area contributed by atoms with Crippen LogP contribution in [0.1, 0.15) is 421 Å². The van der Waals surface area contributed by atoms with Crippen LogP contribution in [0, 0.1) is 17.8 Å². The summed E-state index contributed by atoms with van der Waals surface area (Å²) in [7, 11) is -9.92. The Hall–Kier alpha value is -1.94. The number of aliphatic hydroxyl groups excluding tert-OH is 1. The molecule has 0 saturated carbocycles. The van der Waals surface area contributed by atoms with Crippen molar-refractivity contribution in [3.05, 3.63) is 0 Å². The van der Waals surface area contributed by atoms with E-state index in [1.807, 2.05) is 0 Å². The van der Waals surface area contributed by atoms with Crippen molar-refractivity contribution in [2.24, 2.45) is 17.8 Å². The minimum atomic E-state index is -4.96. The quantitative estimate of drug-likeness (QED) is 0.0222. The van der Waals surface area contributed by atoms with E-state index in [1.165, 1.54) is 231 Å². The molecule has 100 heavy (non-hydrogen) atoms. The summed E-state index contributed by atoms with van der Waals surface area (Å²) in [6.07, 6.45) is 59.7. The van der Waals surface area contributed by atoms with E-state index in [2.05, 4.69) is 48.5 Å². The van der Waals surface area contributed by atoms with Gasteiger partial charge in [-0.2, -0.15) is 0 Å². The lowest BCUT2D eigenvalue weighted by Gasteiger charge is -2.21. The minimum Gasteiger partial charge on any atom is -0.462 e. The van der Waals surface area contributed by atoms with Crippen molar-refractivity contribution in [2.75, 3.05) is 39.6 Å². The highest BCUT2D eigenvalue weighted by atomic mass is 31.2. The zero-order chi connectivity index (χ0) is 73.7. The highest BCUT2D eigenvalue weighted by Crippen LogP contribution is 2.45. The van der Waals surface area contributed by atoms with Crippen molar-refractivity contribution in [3.63, 3.8) is 0 Å². The Morgan fingerprint density at radius 2 is 0.510 bits per heavy atom. The van der Waals surface area contributed by atoms with Gasteiger partial charge in [0.25, 0.3) is 0 Å². The lowest BCUT2D eigenvalue weighted by Crippen LogP contribution is -2.30. The topological polar surface area (TPSA) is 237 Å². The highest BCUT2D eigenvalue weighted by molar-refractivity contribution is 7.47. The van der Waals surface area contributed by atoms with Gasteiger partial charge in [0.15, 0.2) is 12.2 Å². The van der Waals surface area contributed by atoms with Crippen LogP contribution in [0.5, 0.6) is 0 Å². The summed E-state index contributed by atoms with van der Waals surface area (Å²) in [5.74, 6) is 0.183. The molecule has 0 bridgehead atoms. The molecular formula is C81H158O17P2.